The maximum atomic E-state index is 13.3. The van der Waals surface area contributed by atoms with Crippen LogP contribution in [0.5, 0.6) is 0 Å². The molecule has 0 spiro atoms. The van der Waals surface area contributed by atoms with Gasteiger partial charge in [0.15, 0.2) is 0 Å². The lowest BCUT2D eigenvalue weighted by Gasteiger charge is -2.61. The molecule has 5 rings (SSSR count). The highest BCUT2D eigenvalue weighted by Gasteiger charge is 2.62. The van der Waals surface area contributed by atoms with Crippen molar-refractivity contribution in [3.8, 4) is 0 Å². The zero-order chi connectivity index (χ0) is 21.7. The Hall–Kier alpha value is -1.89. The molecule has 0 amide bonds. The van der Waals surface area contributed by atoms with Gasteiger partial charge in [0.25, 0.3) is 0 Å². The fourth-order valence-electron chi connectivity index (χ4n) is 6.10. The van der Waals surface area contributed by atoms with Gasteiger partial charge in [-0.15, -0.1) is 0 Å². The number of aromatic nitrogens is 2. The van der Waals surface area contributed by atoms with Crippen LogP contribution in [0.15, 0.2) is 6.20 Å². The van der Waals surface area contributed by atoms with Crippen LogP contribution in [0, 0.1) is 17.3 Å². The molecule has 0 aliphatic heterocycles. The maximum absolute atomic E-state index is 13.3. The summed E-state index contributed by atoms with van der Waals surface area (Å²) in [6.45, 7) is 7.75. The maximum Gasteiger partial charge on any atom is 0.343 e. The highest BCUT2D eigenvalue weighted by atomic mass is 35.5. The normalized spacial score (nSPS) is 32.0. The van der Waals surface area contributed by atoms with E-state index in [9.17, 15) is 9.59 Å². The SMILES string of the molecule is CCOC(=O)c1cnc(Cl)nc1N[C@@]12C[C@H]3C[C@@H](C1)C[C@](C(=O)OC(C)(C)C)(C3)C2. The second kappa shape index (κ2) is 7.36. The van der Waals surface area contributed by atoms with Crippen molar-refractivity contribution in [3.63, 3.8) is 0 Å². The highest BCUT2D eigenvalue weighted by Crippen LogP contribution is 2.63. The summed E-state index contributed by atoms with van der Waals surface area (Å²) in [5.74, 6) is 0.712. The van der Waals surface area contributed by atoms with Crippen molar-refractivity contribution in [2.45, 2.75) is 77.4 Å². The summed E-state index contributed by atoms with van der Waals surface area (Å²) in [5.41, 5.74) is -1.05. The molecule has 0 aromatic carbocycles. The molecular formula is C22H30ClN3O4. The molecule has 30 heavy (non-hydrogen) atoms. The lowest BCUT2D eigenvalue weighted by atomic mass is 9.47. The van der Waals surface area contributed by atoms with Crippen LogP contribution in [-0.2, 0) is 14.3 Å². The smallest absolute Gasteiger partial charge is 0.343 e. The van der Waals surface area contributed by atoms with Gasteiger partial charge in [0.2, 0.25) is 5.28 Å². The molecule has 0 unspecified atom stereocenters. The van der Waals surface area contributed by atoms with Crippen molar-refractivity contribution < 1.29 is 19.1 Å². The molecule has 4 bridgehead atoms. The minimum absolute atomic E-state index is 0.0668. The molecule has 7 nitrogen and oxygen atoms in total. The average molecular weight is 436 g/mol. The van der Waals surface area contributed by atoms with Crippen LogP contribution in [0.4, 0.5) is 5.82 Å². The molecule has 164 valence electrons. The third kappa shape index (κ3) is 4.01. The second-order valence-electron chi connectivity index (χ2n) is 10.3. The topological polar surface area (TPSA) is 90.4 Å². The van der Waals surface area contributed by atoms with E-state index in [1.54, 1.807) is 6.92 Å². The van der Waals surface area contributed by atoms with Gasteiger partial charge in [-0.2, -0.15) is 4.98 Å². The summed E-state index contributed by atoms with van der Waals surface area (Å²) in [5, 5.41) is 3.60. The number of nitrogens with zero attached hydrogens (tertiary/aromatic N) is 2. The molecule has 1 aromatic rings. The largest absolute Gasteiger partial charge is 0.462 e. The van der Waals surface area contributed by atoms with E-state index in [-0.39, 0.29) is 29.0 Å². The molecule has 4 aliphatic carbocycles. The molecule has 4 saturated carbocycles. The Morgan fingerprint density at radius 2 is 1.90 bits per heavy atom. The lowest BCUT2D eigenvalue weighted by Crippen LogP contribution is -2.62. The van der Waals surface area contributed by atoms with E-state index in [1.807, 2.05) is 20.8 Å². The average Bonchev–Trinajstić information content (AvgIpc) is 2.59. The fraction of sp³-hybridized carbons (Fsp3) is 0.727. The summed E-state index contributed by atoms with van der Waals surface area (Å²) in [6, 6.07) is 0. The van der Waals surface area contributed by atoms with Crippen LogP contribution in [0.1, 0.15) is 76.6 Å². The Bertz CT molecular complexity index is 852. The monoisotopic (exact) mass is 435 g/mol. The van der Waals surface area contributed by atoms with Gasteiger partial charge in [0.1, 0.15) is 17.0 Å². The Morgan fingerprint density at radius 3 is 2.50 bits per heavy atom. The Balaban J connectivity index is 1.65. The molecule has 8 heteroatoms. The van der Waals surface area contributed by atoms with Crippen LogP contribution in [0.3, 0.4) is 0 Å². The number of hydrogen-bond acceptors (Lipinski definition) is 7. The van der Waals surface area contributed by atoms with Crippen molar-refractivity contribution in [1.82, 2.24) is 9.97 Å². The fourth-order valence-corrected chi connectivity index (χ4v) is 6.23. The van der Waals surface area contributed by atoms with Crippen LogP contribution in [0.25, 0.3) is 0 Å². The molecule has 1 aromatic heterocycles. The first-order valence-electron chi connectivity index (χ1n) is 10.7. The number of hydrogen-bond donors (Lipinski definition) is 1. The van der Waals surface area contributed by atoms with E-state index in [0.29, 0.717) is 24.1 Å². The minimum atomic E-state index is -0.516. The first-order valence-corrected chi connectivity index (χ1v) is 11.1. The van der Waals surface area contributed by atoms with Gasteiger partial charge in [0, 0.05) is 11.7 Å². The number of esters is 2. The molecule has 1 N–H and O–H groups in total. The van der Waals surface area contributed by atoms with Crippen molar-refractivity contribution >= 4 is 29.4 Å². The van der Waals surface area contributed by atoms with Crippen LogP contribution >= 0.6 is 11.6 Å². The second-order valence-corrected chi connectivity index (χ2v) is 10.6. The van der Waals surface area contributed by atoms with Crippen LogP contribution in [-0.4, -0.2) is 39.7 Å². The Kier molecular flexibility index (Phi) is 5.24. The molecule has 4 atom stereocenters. The summed E-state index contributed by atoms with van der Waals surface area (Å²) < 4.78 is 11.0. The number of halogens is 1. The predicted octanol–water partition coefficient (Wildman–Crippen LogP) is 4.40. The molecule has 1 heterocycles. The van der Waals surface area contributed by atoms with E-state index in [2.05, 4.69) is 15.3 Å². The number of carbonyl (C=O) groups is 2. The van der Waals surface area contributed by atoms with E-state index >= 15 is 0 Å². The highest BCUT2D eigenvalue weighted by molar-refractivity contribution is 6.28. The molecule has 4 fully saturated rings. The standard InChI is InChI=1S/C22H30ClN3O4/c1-5-29-17(27)15-11-24-19(23)25-16(15)26-22-9-13-6-14(10-22)8-21(7-13,12-22)18(28)30-20(2,3)4/h11,13-14H,5-10,12H2,1-4H3,(H,24,25,26)/t13-,14+,21+,22-. The molecule has 0 saturated heterocycles. The van der Waals surface area contributed by atoms with Gasteiger partial charge < -0.3 is 14.8 Å². The lowest BCUT2D eigenvalue weighted by molar-refractivity contribution is -0.183. The number of carbonyl (C=O) groups excluding carboxylic acids is 2. The first kappa shape index (κ1) is 21.3. The summed E-state index contributed by atoms with van der Waals surface area (Å²) in [4.78, 5) is 33.9. The third-order valence-corrected chi connectivity index (χ3v) is 6.71. The van der Waals surface area contributed by atoms with Gasteiger partial charge in [-0.25, -0.2) is 9.78 Å². The molecule has 4 aliphatic rings. The zero-order valence-electron chi connectivity index (χ0n) is 18.1. The first-order chi connectivity index (χ1) is 14.0. The predicted molar refractivity (Wildman–Crippen MR) is 112 cm³/mol. The van der Waals surface area contributed by atoms with Crippen molar-refractivity contribution in [2.75, 3.05) is 11.9 Å². The Morgan fingerprint density at radius 1 is 1.23 bits per heavy atom. The van der Waals surface area contributed by atoms with Crippen LogP contribution in [0.2, 0.25) is 5.28 Å². The van der Waals surface area contributed by atoms with Gasteiger partial charge >= 0.3 is 11.9 Å². The van der Waals surface area contributed by atoms with E-state index < -0.39 is 17.0 Å². The third-order valence-electron chi connectivity index (χ3n) is 6.53. The summed E-state index contributed by atoms with van der Waals surface area (Å²) >= 11 is 6.05. The van der Waals surface area contributed by atoms with Crippen molar-refractivity contribution in [1.29, 1.82) is 0 Å². The number of rotatable bonds is 5. The summed E-state index contributed by atoms with van der Waals surface area (Å²) in [6.07, 6.45) is 6.85. The molecule has 0 radical (unpaired) electrons. The summed E-state index contributed by atoms with van der Waals surface area (Å²) in [7, 11) is 0. The van der Waals surface area contributed by atoms with E-state index in [4.69, 9.17) is 21.1 Å². The van der Waals surface area contributed by atoms with Crippen molar-refractivity contribution in [2.24, 2.45) is 17.3 Å². The van der Waals surface area contributed by atoms with Gasteiger partial charge in [-0.1, -0.05) is 0 Å². The van der Waals surface area contributed by atoms with Gasteiger partial charge in [0.05, 0.1) is 12.0 Å². The molecular weight excluding hydrogens is 406 g/mol. The number of nitrogens with one attached hydrogen (secondary N) is 1. The quantitative estimate of drug-likeness (QED) is 0.541. The van der Waals surface area contributed by atoms with Crippen molar-refractivity contribution in [3.05, 3.63) is 17.0 Å². The number of ether oxygens (including phenoxy) is 2. The van der Waals surface area contributed by atoms with Crippen LogP contribution < -0.4 is 5.32 Å². The Labute approximate surface area is 182 Å². The van der Waals surface area contributed by atoms with Gasteiger partial charge in [-0.3, -0.25) is 4.79 Å². The minimum Gasteiger partial charge on any atom is -0.462 e. The number of anilines is 1. The zero-order valence-corrected chi connectivity index (χ0v) is 18.8. The van der Waals surface area contributed by atoms with E-state index in [0.717, 1.165) is 32.1 Å². The van der Waals surface area contributed by atoms with Gasteiger partial charge in [-0.05, 0) is 89.7 Å². The van der Waals surface area contributed by atoms with E-state index in [1.165, 1.54) is 6.20 Å².